The summed E-state index contributed by atoms with van der Waals surface area (Å²) >= 11 is 5.85. The molecular formula is C20H18ClF3N2O6. The largest absolute Gasteiger partial charge is 0.456 e. The van der Waals surface area contributed by atoms with Gasteiger partial charge in [-0.25, -0.2) is 4.79 Å². The van der Waals surface area contributed by atoms with Crippen LogP contribution >= 0.6 is 11.6 Å². The fraction of sp³-hybridized carbons (Fsp3) is 0.300. The van der Waals surface area contributed by atoms with E-state index in [1.54, 1.807) is 13.8 Å². The van der Waals surface area contributed by atoms with Crippen molar-refractivity contribution in [2.24, 2.45) is 0 Å². The van der Waals surface area contributed by atoms with E-state index in [2.05, 4.69) is 5.32 Å². The highest BCUT2D eigenvalue weighted by Crippen LogP contribution is 2.37. The van der Waals surface area contributed by atoms with Gasteiger partial charge < -0.3 is 14.8 Å². The second-order valence-electron chi connectivity index (χ2n) is 6.89. The van der Waals surface area contributed by atoms with Gasteiger partial charge in [0.15, 0.2) is 6.10 Å². The molecule has 1 amide bonds. The molecule has 1 unspecified atom stereocenters. The summed E-state index contributed by atoms with van der Waals surface area (Å²) in [5.41, 5.74) is -2.12. The summed E-state index contributed by atoms with van der Waals surface area (Å²) < 4.78 is 48.7. The normalized spacial score (nSPS) is 12.2. The number of nitrogens with one attached hydrogen (secondary N) is 1. The predicted molar refractivity (Wildman–Crippen MR) is 108 cm³/mol. The Labute approximate surface area is 185 Å². The van der Waals surface area contributed by atoms with Crippen LogP contribution in [0.25, 0.3) is 0 Å². The van der Waals surface area contributed by atoms with Crippen LogP contribution in [-0.4, -0.2) is 28.9 Å². The fourth-order valence-corrected chi connectivity index (χ4v) is 2.69. The second-order valence-corrected chi connectivity index (χ2v) is 7.30. The van der Waals surface area contributed by atoms with Crippen LogP contribution in [0.2, 0.25) is 5.02 Å². The third kappa shape index (κ3) is 6.33. The van der Waals surface area contributed by atoms with E-state index < -0.39 is 45.9 Å². The smallest absolute Gasteiger partial charge is 0.416 e. The number of alkyl halides is 3. The Morgan fingerprint density at radius 3 is 2.31 bits per heavy atom. The molecular weight excluding hydrogens is 457 g/mol. The number of carbonyl (C=O) groups is 2. The first-order valence-corrected chi connectivity index (χ1v) is 9.51. The molecule has 0 bridgehead atoms. The molecule has 0 aromatic heterocycles. The molecule has 1 N–H and O–H groups in total. The maximum absolute atomic E-state index is 12.8. The average molecular weight is 475 g/mol. The van der Waals surface area contributed by atoms with Gasteiger partial charge in [0.2, 0.25) is 0 Å². The number of nitrogens with zero attached hydrogens (tertiary/aromatic N) is 1. The summed E-state index contributed by atoms with van der Waals surface area (Å²) in [6, 6.07) is 5.23. The molecule has 32 heavy (non-hydrogen) atoms. The monoisotopic (exact) mass is 474 g/mol. The van der Waals surface area contributed by atoms with Gasteiger partial charge in [-0.1, -0.05) is 11.6 Å². The van der Waals surface area contributed by atoms with Gasteiger partial charge in [-0.15, -0.1) is 0 Å². The van der Waals surface area contributed by atoms with Crippen molar-refractivity contribution in [2.45, 2.75) is 39.1 Å². The van der Waals surface area contributed by atoms with Crippen molar-refractivity contribution < 1.29 is 37.2 Å². The zero-order valence-electron chi connectivity index (χ0n) is 17.0. The van der Waals surface area contributed by atoms with Gasteiger partial charge in [-0.05, 0) is 45.0 Å². The van der Waals surface area contributed by atoms with Crippen LogP contribution in [0.1, 0.15) is 36.7 Å². The molecule has 0 heterocycles. The lowest BCUT2D eigenvalue weighted by molar-refractivity contribution is -0.385. The predicted octanol–water partition coefficient (Wildman–Crippen LogP) is 5.13. The topological polar surface area (TPSA) is 108 Å². The Hall–Kier alpha value is -3.34. The van der Waals surface area contributed by atoms with Crippen LogP contribution in [-0.2, 0) is 15.7 Å². The molecule has 2 aromatic carbocycles. The zero-order valence-corrected chi connectivity index (χ0v) is 17.8. The average Bonchev–Trinajstić information content (AvgIpc) is 2.67. The van der Waals surface area contributed by atoms with E-state index in [9.17, 15) is 32.9 Å². The van der Waals surface area contributed by atoms with E-state index in [-0.39, 0.29) is 22.6 Å². The first-order valence-electron chi connectivity index (χ1n) is 9.14. The maximum atomic E-state index is 12.8. The van der Waals surface area contributed by atoms with E-state index in [0.717, 1.165) is 30.3 Å². The molecule has 0 radical (unpaired) electrons. The molecule has 0 aliphatic rings. The van der Waals surface area contributed by atoms with Gasteiger partial charge in [-0.3, -0.25) is 14.9 Å². The number of nitro benzene ring substituents is 1. The lowest BCUT2D eigenvalue weighted by Gasteiger charge is -2.16. The molecule has 172 valence electrons. The molecule has 0 fully saturated rings. The quantitative estimate of drug-likeness (QED) is 0.338. The number of halogens is 4. The van der Waals surface area contributed by atoms with E-state index in [1.165, 1.54) is 6.92 Å². The van der Waals surface area contributed by atoms with E-state index in [0.29, 0.717) is 6.07 Å². The summed E-state index contributed by atoms with van der Waals surface area (Å²) in [6.07, 6.45) is -5.84. The maximum Gasteiger partial charge on any atom is 0.416 e. The van der Waals surface area contributed by atoms with Crippen LogP contribution in [0.3, 0.4) is 0 Å². The van der Waals surface area contributed by atoms with Gasteiger partial charge in [-0.2, -0.15) is 13.2 Å². The number of ether oxygens (including phenoxy) is 2. The minimum absolute atomic E-state index is 0.122. The van der Waals surface area contributed by atoms with E-state index in [4.69, 9.17) is 21.1 Å². The minimum Gasteiger partial charge on any atom is -0.456 e. The summed E-state index contributed by atoms with van der Waals surface area (Å²) in [7, 11) is 0. The van der Waals surface area contributed by atoms with Crippen molar-refractivity contribution >= 4 is 29.2 Å². The number of amides is 1. The van der Waals surface area contributed by atoms with E-state index in [1.807, 2.05) is 0 Å². The van der Waals surface area contributed by atoms with E-state index >= 15 is 0 Å². The Morgan fingerprint density at radius 1 is 1.12 bits per heavy atom. The van der Waals surface area contributed by atoms with Crippen LogP contribution in [0.4, 0.5) is 18.9 Å². The Bertz CT molecular complexity index is 1040. The molecule has 8 nitrogen and oxygen atoms in total. The van der Waals surface area contributed by atoms with Crippen molar-refractivity contribution in [3.8, 4) is 11.5 Å². The Balaban J connectivity index is 2.31. The molecule has 2 rings (SSSR count). The summed E-state index contributed by atoms with van der Waals surface area (Å²) in [4.78, 5) is 34.9. The minimum atomic E-state index is -4.61. The lowest BCUT2D eigenvalue weighted by atomic mass is 10.1. The van der Waals surface area contributed by atoms with Crippen molar-refractivity contribution in [3.63, 3.8) is 0 Å². The van der Waals surface area contributed by atoms with Crippen molar-refractivity contribution in [1.82, 2.24) is 5.32 Å². The third-order valence-corrected chi connectivity index (χ3v) is 4.25. The summed E-state index contributed by atoms with van der Waals surface area (Å²) in [5.74, 6) is -2.05. The molecule has 1 atom stereocenters. The SMILES string of the molecule is CC(C)NC(=O)C(C)OC(=O)c1cc(Oc2ccc(C(F)(F)F)cc2Cl)ccc1[N+](=O)[O-]. The standard InChI is InChI=1S/C20H18ClF3N2O6/c1-10(2)25-18(27)11(3)31-19(28)14-9-13(5-6-16(14)26(29)30)32-17-7-4-12(8-15(17)21)20(22,23)24/h4-11H,1-3H3,(H,25,27). The summed E-state index contributed by atoms with van der Waals surface area (Å²) in [5, 5.41) is 13.5. The Morgan fingerprint density at radius 2 is 1.78 bits per heavy atom. The third-order valence-electron chi connectivity index (χ3n) is 3.96. The number of hydrogen-bond acceptors (Lipinski definition) is 6. The number of rotatable bonds is 7. The van der Waals surface area contributed by atoms with Crippen LogP contribution < -0.4 is 10.1 Å². The van der Waals surface area contributed by atoms with Crippen LogP contribution in [0, 0.1) is 10.1 Å². The van der Waals surface area contributed by atoms with Gasteiger partial charge in [0.25, 0.3) is 11.6 Å². The Kier molecular flexibility index (Phi) is 7.68. The number of hydrogen-bond donors (Lipinski definition) is 1. The van der Waals surface area contributed by atoms with Gasteiger partial charge in [0.05, 0.1) is 15.5 Å². The first-order chi connectivity index (χ1) is 14.8. The summed E-state index contributed by atoms with van der Waals surface area (Å²) in [6.45, 7) is 4.69. The highest BCUT2D eigenvalue weighted by Gasteiger charge is 2.31. The number of nitro groups is 1. The van der Waals surface area contributed by atoms with Crippen LogP contribution in [0.15, 0.2) is 36.4 Å². The number of carbonyl (C=O) groups excluding carboxylic acids is 2. The molecule has 0 saturated carbocycles. The number of benzene rings is 2. The molecule has 0 aliphatic heterocycles. The van der Waals surface area contributed by atoms with Crippen molar-refractivity contribution in [3.05, 3.63) is 62.7 Å². The molecule has 0 spiro atoms. The highest BCUT2D eigenvalue weighted by atomic mass is 35.5. The zero-order chi connectivity index (χ0) is 24.2. The molecule has 0 saturated heterocycles. The first kappa shape index (κ1) is 24.9. The molecule has 12 heteroatoms. The van der Waals surface area contributed by atoms with Crippen molar-refractivity contribution in [1.29, 1.82) is 0 Å². The number of esters is 1. The molecule has 0 aliphatic carbocycles. The van der Waals surface area contributed by atoms with Gasteiger partial charge >= 0.3 is 12.1 Å². The van der Waals surface area contributed by atoms with Gasteiger partial charge in [0, 0.05) is 18.2 Å². The molecule has 2 aromatic rings. The van der Waals surface area contributed by atoms with Crippen molar-refractivity contribution in [2.75, 3.05) is 0 Å². The van der Waals surface area contributed by atoms with Crippen LogP contribution in [0.5, 0.6) is 11.5 Å². The lowest BCUT2D eigenvalue weighted by Crippen LogP contribution is -2.39. The fourth-order valence-electron chi connectivity index (χ4n) is 2.47. The van der Waals surface area contributed by atoms with Gasteiger partial charge in [0.1, 0.15) is 17.1 Å². The second kappa shape index (κ2) is 9.86. The highest BCUT2D eigenvalue weighted by molar-refractivity contribution is 6.32.